The van der Waals surface area contributed by atoms with Crippen LogP contribution in [0.15, 0.2) is 122 Å². The summed E-state index contributed by atoms with van der Waals surface area (Å²) in [5, 5.41) is 0. The Hall–Kier alpha value is -4.19. The molecule has 0 amide bonds. The number of carbonyl (C=O) groups excluding carboxylic acids is 3. The highest BCUT2D eigenvalue weighted by Gasteiger charge is 2.19. The van der Waals surface area contributed by atoms with E-state index in [2.05, 4.69) is 142 Å². The molecule has 0 spiro atoms. The topological polar surface area (TPSA) is 78.9 Å². The highest BCUT2D eigenvalue weighted by atomic mass is 16.6. The minimum Gasteiger partial charge on any atom is -0.462 e. The lowest BCUT2D eigenvalue weighted by Gasteiger charge is -2.18. The van der Waals surface area contributed by atoms with E-state index in [0.29, 0.717) is 19.3 Å². The smallest absolute Gasteiger partial charge is 0.306 e. The molecule has 0 aromatic rings. The van der Waals surface area contributed by atoms with Gasteiger partial charge in [0.25, 0.3) is 0 Å². The van der Waals surface area contributed by atoms with Crippen LogP contribution in [0.5, 0.6) is 0 Å². The minimum atomic E-state index is -0.791. The lowest BCUT2D eigenvalue weighted by molar-refractivity contribution is -0.167. The third-order valence-corrected chi connectivity index (χ3v) is 14.2. The van der Waals surface area contributed by atoms with Crippen LogP contribution in [0.4, 0.5) is 0 Å². The lowest BCUT2D eigenvalue weighted by atomic mass is 10.0. The molecule has 0 saturated carbocycles. The highest BCUT2D eigenvalue weighted by molar-refractivity contribution is 5.71. The van der Waals surface area contributed by atoms with Gasteiger partial charge >= 0.3 is 17.9 Å². The number of rotatable bonds is 60. The standard InChI is InChI=1S/C74H124O6/c1-4-7-10-13-16-19-22-24-26-28-30-32-34-36-37-39-40-42-44-46-48-50-52-55-58-61-64-67-73(76)79-70-71(69-78-72(75)66-63-60-57-54-21-18-15-12-9-6-3)80-74(77)68-65-62-59-56-53-51-49-47-45-43-41-38-35-33-31-29-27-25-23-20-17-14-11-8-5-2/h7,10,16,19,23-26,29-32,35-38,40,42,46,48,71H,4-6,8-9,11-15,17-18,20-22,27-28,33-34,39,41,43-45,47,49-70H2,1-3H3/b10-7-,19-16-,25-23-,26-24-,31-29-,32-30-,37-36-,38-35-,42-40-,48-46-. The first-order valence-electron chi connectivity index (χ1n) is 33.5. The molecule has 0 aliphatic heterocycles. The summed E-state index contributed by atoms with van der Waals surface area (Å²) < 4.78 is 16.9. The summed E-state index contributed by atoms with van der Waals surface area (Å²) in [7, 11) is 0. The molecule has 0 heterocycles. The molecular weight excluding hydrogens is 985 g/mol. The molecule has 0 radical (unpaired) electrons. The average molecular weight is 1110 g/mol. The Kier molecular flexibility index (Phi) is 63.8. The Labute approximate surface area is 494 Å². The van der Waals surface area contributed by atoms with Crippen molar-refractivity contribution in [1.82, 2.24) is 0 Å². The van der Waals surface area contributed by atoms with E-state index >= 15 is 0 Å². The van der Waals surface area contributed by atoms with Gasteiger partial charge in [0.2, 0.25) is 0 Å². The summed E-state index contributed by atoms with van der Waals surface area (Å²) in [6.07, 6.45) is 93.5. The average Bonchev–Trinajstić information content (AvgIpc) is 3.46. The molecule has 0 aromatic heterocycles. The molecule has 0 bridgehead atoms. The number of carbonyl (C=O) groups is 3. The zero-order valence-electron chi connectivity index (χ0n) is 52.3. The van der Waals surface area contributed by atoms with Crippen LogP contribution >= 0.6 is 0 Å². The summed E-state index contributed by atoms with van der Waals surface area (Å²) in [6.45, 7) is 6.50. The second-order valence-electron chi connectivity index (χ2n) is 22.0. The number of esters is 3. The Balaban J connectivity index is 4.31. The summed E-state index contributed by atoms with van der Waals surface area (Å²) in [4.78, 5) is 38.3. The molecule has 1 unspecified atom stereocenters. The summed E-state index contributed by atoms with van der Waals surface area (Å²) in [5.74, 6) is -0.905. The first kappa shape index (κ1) is 75.8. The molecule has 456 valence electrons. The molecule has 0 N–H and O–H groups in total. The van der Waals surface area contributed by atoms with Gasteiger partial charge < -0.3 is 14.2 Å². The largest absolute Gasteiger partial charge is 0.462 e. The van der Waals surface area contributed by atoms with Crippen molar-refractivity contribution in [3.05, 3.63) is 122 Å². The van der Waals surface area contributed by atoms with E-state index in [1.165, 1.54) is 135 Å². The molecule has 0 saturated heterocycles. The van der Waals surface area contributed by atoms with Crippen LogP contribution in [0.1, 0.15) is 310 Å². The van der Waals surface area contributed by atoms with Crippen LogP contribution in [-0.2, 0) is 28.6 Å². The Morgan fingerprint density at radius 3 is 0.762 bits per heavy atom. The number of allylic oxidation sites excluding steroid dienone is 20. The molecule has 0 aliphatic rings. The van der Waals surface area contributed by atoms with E-state index in [0.717, 1.165) is 135 Å². The van der Waals surface area contributed by atoms with Crippen LogP contribution in [0.2, 0.25) is 0 Å². The number of hydrogen-bond acceptors (Lipinski definition) is 6. The third kappa shape index (κ3) is 64.6. The van der Waals surface area contributed by atoms with E-state index in [4.69, 9.17) is 14.2 Å². The van der Waals surface area contributed by atoms with Gasteiger partial charge in [-0.1, -0.05) is 296 Å². The van der Waals surface area contributed by atoms with Gasteiger partial charge in [-0.25, -0.2) is 0 Å². The van der Waals surface area contributed by atoms with E-state index < -0.39 is 6.10 Å². The van der Waals surface area contributed by atoms with Crippen molar-refractivity contribution in [1.29, 1.82) is 0 Å². The molecule has 6 heteroatoms. The summed E-state index contributed by atoms with van der Waals surface area (Å²) in [6, 6.07) is 0. The molecule has 6 nitrogen and oxygen atoms in total. The quantitative estimate of drug-likeness (QED) is 0.0261. The molecule has 80 heavy (non-hydrogen) atoms. The number of hydrogen-bond donors (Lipinski definition) is 0. The predicted molar refractivity (Wildman–Crippen MR) is 348 cm³/mol. The molecule has 0 rings (SSSR count). The van der Waals surface area contributed by atoms with Gasteiger partial charge in [-0.2, -0.15) is 0 Å². The number of ether oxygens (including phenoxy) is 3. The fraction of sp³-hybridized carbons (Fsp3) is 0.689. The van der Waals surface area contributed by atoms with Gasteiger partial charge in [-0.3, -0.25) is 14.4 Å². The maximum absolute atomic E-state index is 12.9. The maximum Gasteiger partial charge on any atom is 0.306 e. The van der Waals surface area contributed by atoms with Crippen LogP contribution < -0.4 is 0 Å². The summed E-state index contributed by atoms with van der Waals surface area (Å²) >= 11 is 0. The SMILES string of the molecule is CC/C=C\C/C=C\C/C=C\C/C=C\C/C=C\C/C=C\C/C=C\CCCCCCCC(=O)OCC(COC(=O)CCCCCCCCCCCC)OC(=O)CCCCCCCCCCCC/C=C\C/C=C\C/C=C\CCCCCCC. The van der Waals surface area contributed by atoms with Crippen molar-refractivity contribution in [2.45, 2.75) is 316 Å². The van der Waals surface area contributed by atoms with Crippen LogP contribution in [0.25, 0.3) is 0 Å². The molecular formula is C74H124O6. The van der Waals surface area contributed by atoms with Gasteiger partial charge in [0.15, 0.2) is 6.10 Å². The Morgan fingerprint density at radius 2 is 0.487 bits per heavy atom. The van der Waals surface area contributed by atoms with Crippen LogP contribution in [0, 0.1) is 0 Å². The lowest BCUT2D eigenvalue weighted by Crippen LogP contribution is -2.30. The van der Waals surface area contributed by atoms with Crippen molar-refractivity contribution >= 4 is 17.9 Å². The van der Waals surface area contributed by atoms with Crippen molar-refractivity contribution in [2.24, 2.45) is 0 Å². The zero-order chi connectivity index (χ0) is 57.8. The fourth-order valence-electron chi connectivity index (χ4n) is 9.20. The monoisotopic (exact) mass is 1110 g/mol. The van der Waals surface area contributed by atoms with Crippen molar-refractivity contribution in [3.63, 3.8) is 0 Å². The number of unbranched alkanes of at least 4 members (excludes halogenated alkanes) is 29. The first-order valence-corrected chi connectivity index (χ1v) is 33.5. The van der Waals surface area contributed by atoms with Crippen LogP contribution in [0.3, 0.4) is 0 Å². The van der Waals surface area contributed by atoms with Gasteiger partial charge in [-0.05, 0) is 116 Å². The Morgan fingerprint density at radius 1 is 0.263 bits per heavy atom. The molecule has 1 atom stereocenters. The van der Waals surface area contributed by atoms with E-state index in [9.17, 15) is 14.4 Å². The maximum atomic E-state index is 12.9. The van der Waals surface area contributed by atoms with Gasteiger partial charge in [-0.15, -0.1) is 0 Å². The van der Waals surface area contributed by atoms with Gasteiger partial charge in [0.05, 0.1) is 0 Å². The summed E-state index contributed by atoms with van der Waals surface area (Å²) in [5.41, 5.74) is 0. The molecule has 0 aromatic carbocycles. The highest BCUT2D eigenvalue weighted by Crippen LogP contribution is 2.16. The second-order valence-corrected chi connectivity index (χ2v) is 22.0. The van der Waals surface area contributed by atoms with Crippen molar-refractivity contribution < 1.29 is 28.6 Å². The third-order valence-electron chi connectivity index (χ3n) is 14.2. The fourth-order valence-corrected chi connectivity index (χ4v) is 9.20. The van der Waals surface area contributed by atoms with E-state index in [1.54, 1.807) is 0 Å². The first-order chi connectivity index (χ1) is 39.5. The molecule has 0 fully saturated rings. The minimum absolute atomic E-state index is 0.0859. The molecule has 0 aliphatic carbocycles. The van der Waals surface area contributed by atoms with Crippen molar-refractivity contribution in [2.75, 3.05) is 13.2 Å². The van der Waals surface area contributed by atoms with Gasteiger partial charge in [0, 0.05) is 19.3 Å². The Bertz CT molecular complexity index is 1650. The van der Waals surface area contributed by atoms with Crippen molar-refractivity contribution in [3.8, 4) is 0 Å². The van der Waals surface area contributed by atoms with Crippen LogP contribution in [-0.4, -0.2) is 37.2 Å². The normalized spacial score (nSPS) is 12.9. The predicted octanol–water partition coefficient (Wildman–Crippen LogP) is 23.2. The van der Waals surface area contributed by atoms with E-state index in [-0.39, 0.29) is 31.1 Å². The zero-order valence-corrected chi connectivity index (χ0v) is 52.3. The van der Waals surface area contributed by atoms with E-state index in [1.807, 2.05) is 0 Å². The second kappa shape index (κ2) is 67.3. The van der Waals surface area contributed by atoms with Gasteiger partial charge in [0.1, 0.15) is 13.2 Å².